The Kier molecular flexibility index (Phi) is 4.62. The standard InChI is InChI=1S/C12H17N5OS/c1-3-7-17-11(18)15-16-12(17)19-8-9-5-4-6-14-10(9)13-2/h4-6H,3,7-8H2,1-2H3,(H,13,14)(H,15,18). The molecule has 0 spiro atoms. The molecule has 0 amide bonds. The quantitative estimate of drug-likeness (QED) is 0.787. The Morgan fingerprint density at radius 1 is 1.53 bits per heavy atom. The highest BCUT2D eigenvalue weighted by Crippen LogP contribution is 2.23. The van der Waals surface area contributed by atoms with E-state index < -0.39 is 0 Å². The number of nitrogens with zero attached hydrogens (tertiary/aromatic N) is 3. The highest BCUT2D eigenvalue weighted by molar-refractivity contribution is 7.98. The summed E-state index contributed by atoms with van der Waals surface area (Å²) in [5, 5.41) is 10.3. The van der Waals surface area contributed by atoms with Gasteiger partial charge in [-0.1, -0.05) is 24.8 Å². The third-order valence-electron chi connectivity index (χ3n) is 2.66. The maximum Gasteiger partial charge on any atom is 0.343 e. The van der Waals surface area contributed by atoms with Crippen LogP contribution in [0.15, 0.2) is 28.3 Å². The molecule has 102 valence electrons. The van der Waals surface area contributed by atoms with Gasteiger partial charge in [0.2, 0.25) is 0 Å². The first-order valence-corrected chi connectivity index (χ1v) is 7.14. The third-order valence-corrected chi connectivity index (χ3v) is 3.68. The molecule has 6 nitrogen and oxygen atoms in total. The van der Waals surface area contributed by atoms with E-state index in [-0.39, 0.29) is 5.69 Å². The van der Waals surface area contributed by atoms with E-state index in [4.69, 9.17) is 0 Å². The average Bonchev–Trinajstić information content (AvgIpc) is 2.78. The molecule has 0 saturated carbocycles. The van der Waals surface area contributed by atoms with Crippen molar-refractivity contribution in [2.45, 2.75) is 30.8 Å². The lowest BCUT2D eigenvalue weighted by molar-refractivity contribution is 0.604. The van der Waals surface area contributed by atoms with Crippen LogP contribution in [0.5, 0.6) is 0 Å². The van der Waals surface area contributed by atoms with Crippen molar-refractivity contribution in [1.82, 2.24) is 19.7 Å². The lowest BCUT2D eigenvalue weighted by atomic mass is 10.3. The second-order valence-corrected chi connectivity index (χ2v) is 4.96. The minimum absolute atomic E-state index is 0.149. The van der Waals surface area contributed by atoms with E-state index in [1.54, 1.807) is 10.8 Å². The Hall–Kier alpha value is -1.76. The Morgan fingerprint density at radius 3 is 3.11 bits per heavy atom. The number of pyridine rings is 1. The van der Waals surface area contributed by atoms with Gasteiger partial charge in [0.25, 0.3) is 0 Å². The predicted octanol–water partition coefficient (Wildman–Crippen LogP) is 1.71. The predicted molar refractivity (Wildman–Crippen MR) is 76.5 cm³/mol. The fourth-order valence-corrected chi connectivity index (χ4v) is 2.71. The van der Waals surface area contributed by atoms with Crippen molar-refractivity contribution in [2.24, 2.45) is 0 Å². The van der Waals surface area contributed by atoms with Crippen molar-refractivity contribution >= 4 is 17.6 Å². The summed E-state index contributed by atoms with van der Waals surface area (Å²) in [5.74, 6) is 1.58. The molecule has 0 aliphatic rings. The van der Waals surface area contributed by atoms with Crippen LogP contribution in [0.25, 0.3) is 0 Å². The van der Waals surface area contributed by atoms with Gasteiger partial charge in [0, 0.05) is 31.1 Å². The van der Waals surface area contributed by atoms with E-state index in [0.29, 0.717) is 6.54 Å². The molecule has 0 aliphatic heterocycles. The summed E-state index contributed by atoms with van der Waals surface area (Å²) in [4.78, 5) is 15.8. The maximum atomic E-state index is 11.6. The molecule has 0 atom stereocenters. The molecule has 2 N–H and O–H groups in total. The molecule has 7 heteroatoms. The maximum absolute atomic E-state index is 11.6. The summed E-state index contributed by atoms with van der Waals surface area (Å²) in [6, 6.07) is 3.92. The number of thioether (sulfide) groups is 1. The van der Waals surface area contributed by atoms with Crippen LogP contribution >= 0.6 is 11.8 Å². The lowest BCUT2D eigenvalue weighted by Crippen LogP contribution is -2.17. The van der Waals surface area contributed by atoms with Crippen LogP contribution in [0.2, 0.25) is 0 Å². The number of anilines is 1. The number of nitrogens with one attached hydrogen (secondary N) is 2. The molecular formula is C12H17N5OS. The normalized spacial score (nSPS) is 10.6. The van der Waals surface area contributed by atoms with Gasteiger partial charge in [-0.25, -0.2) is 14.9 Å². The fraction of sp³-hybridized carbons (Fsp3) is 0.417. The van der Waals surface area contributed by atoms with E-state index in [1.807, 2.05) is 26.1 Å². The van der Waals surface area contributed by atoms with E-state index in [2.05, 4.69) is 20.5 Å². The zero-order valence-corrected chi connectivity index (χ0v) is 11.8. The molecule has 0 aromatic carbocycles. The Bertz CT molecular complexity index is 592. The van der Waals surface area contributed by atoms with E-state index >= 15 is 0 Å². The van der Waals surface area contributed by atoms with Crippen molar-refractivity contribution < 1.29 is 0 Å². The summed E-state index contributed by atoms with van der Waals surface area (Å²) in [6.07, 6.45) is 2.66. The monoisotopic (exact) mass is 279 g/mol. The van der Waals surface area contributed by atoms with E-state index in [0.717, 1.165) is 28.7 Å². The van der Waals surface area contributed by atoms with Crippen molar-refractivity contribution in [1.29, 1.82) is 0 Å². The Balaban J connectivity index is 2.12. The average molecular weight is 279 g/mol. The molecular weight excluding hydrogens is 262 g/mol. The SMILES string of the molecule is CCCn1c(SCc2cccnc2NC)n[nH]c1=O. The smallest absolute Gasteiger partial charge is 0.343 e. The minimum atomic E-state index is -0.149. The minimum Gasteiger partial charge on any atom is -0.373 e. The van der Waals surface area contributed by atoms with Gasteiger partial charge >= 0.3 is 5.69 Å². The van der Waals surface area contributed by atoms with Crippen LogP contribution < -0.4 is 11.0 Å². The fourth-order valence-electron chi connectivity index (χ4n) is 1.76. The molecule has 19 heavy (non-hydrogen) atoms. The number of hydrogen-bond acceptors (Lipinski definition) is 5. The van der Waals surface area contributed by atoms with Crippen molar-refractivity contribution in [3.8, 4) is 0 Å². The second-order valence-electron chi connectivity index (χ2n) is 4.01. The van der Waals surface area contributed by atoms with E-state index in [1.165, 1.54) is 11.8 Å². The van der Waals surface area contributed by atoms with Crippen molar-refractivity contribution in [3.05, 3.63) is 34.4 Å². The molecule has 2 aromatic heterocycles. The van der Waals surface area contributed by atoms with E-state index in [9.17, 15) is 4.79 Å². The molecule has 2 rings (SSSR count). The zero-order chi connectivity index (χ0) is 13.7. The first-order chi connectivity index (χ1) is 9.26. The molecule has 0 unspecified atom stereocenters. The van der Waals surface area contributed by atoms with Gasteiger partial charge in [-0.15, -0.1) is 5.10 Å². The number of rotatable bonds is 6. The van der Waals surface area contributed by atoms with Gasteiger partial charge < -0.3 is 5.32 Å². The third kappa shape index (κ3) is 3.17. The number of H-pyrrole nitrogens is 1. The zero-order valence-electron chi connectivity index (χ0n) is 11.0. The second kappa shape index (κ2) is 6.42. The highest BCUT2D eigenvalue weighted by atomic mass is 32.2. The lowest BCUT2D eigenvalue weighted by Gasteiger charge is -2.07. The van der Waals surface area contributed by atoms with Gasteiger partial charge in [0.1, 0.15) is 5.82 Å². The first-order valence-electron chi connectivity index (χ1n) is 6.16. The molecule has 0 aliphatic carbocycles. The molecule has 0 saturated heterocycles. The first kappa shape index (κ1) is 13.7. The summed E-state index contributed by atoms with van der Waals surface area (Å²) < 4.78 is 1.67. The Morgan fingerprint density at radius 2 is 2.37 bits per heavy atom. The topological polar surface area (TPSA) is 75.6 Å². The summed E-state index contributed by atoms with van der Waals surface area (Å²) in [7, 11) is 1.85. The van der Waals surface area contributed by atoms with Crippen LogP contribution in [0.3, 0.4) is 0 Å². The molecule has 0 radical (unpaired) electrons. The van der Waals surface area contributed by atoms with Gasteiger partial charge in [-0.2, -0.15) is 0 Å². The number of aromatic amines is 1. The number of hydrogen-bond donors (Lipinski definition) is 2. The summed E-state index contributed by atoms with van der Waals surface area (Å²) in [5.41, 5.74) is 0.942. The highest BCUT2D eigenvalue weighted by Gasteiger charge is 2.09. The van der Waals surface area contributed by atoms with Crippen molar-refractivity contribution in [2.75, 3.05) is 12.4 Å². The number of aromatic nitrogens is 4. The van der Waals surface area contributed by atoms with Gasteiger partial charge in [0.15, 0.2) is 5.16 Å². The van der Waals surface area contributed by atoms with Crippen LogP contribution in [-0.2, 0) is 12.3 Å². The van der Waals surface area contributed by atoms with Crippen LogP contribution in [-0.4, -0.2) is 26.8 Å². The molecule has 2 heterocycles. The van der Waals surface area contributed by atoms with Gasteiger partial charge in [-0.05, 0) is 12.5 Å². The van der Waals surface area contributed by atoms with Gasteiger partial charge in [-0.3, -0.25) is 4.57 Å². The largest absolute Gasteiger partial charge is 0.373 e. The molecule has 2 aromatic rings. The van der Waals surface area contributed by atoms with Crippen molar-refractivity contribution in [3.63, 3.8) is 0 Å². The van der Waals surface area contributed by atoms with Gasteiger partial charge in [0.05, 0.1) is 0 Å². The molecule has 0 fully saturated rings. The summed E-state index contributed by atoms with van der Waals surface area (Å²) >= 11 is 1.53. The molecule has 0 bridgehead atoms. The van der Waals surface area contributed by atoms with Crippen LogP contribution in [0, 0.1) is 0 Å². The Labute approximate surface area is 115 Å². The van der Waals surface area contributed by atoms with Crippen LogP contribution in [0.4, 0.5) is 5.82 Å². The van der Waals surface area contributed by atoms with Crippen LogP contribution in [0.1, 0.15) is 18.9 Å². The summed E-state index contributed by atoms with van der Waals surface area (Å²) in [6.45, 7) is 2.72.